The molecule has 2 aromatic carbocycles. The Morgan fingerprint density at radius 3 is 2.41 bits per heavy atom. The number of hydrogen-bond donors (Lipinski definition) is 1. The molecule has 0 unspecified atom stereocenters. The molecule has 0 atom stereocenters. The highest BCUT2D eigenvalue weighted by Crippen LogP contribution is 2.39. The van der Waals surface area contributed by atoms with Crippen molar-refractivity contribution in [1.29, 1.82) is 0 Å². The van der Waals surface area contributed by atoms with Gasteiger partial charge in [-0.15, -0.1) is 0 Å². The lowest BCUT2D eigenvalue weighted by molar-refractivity contribution is -0.158. The molecular weight excluding hydrogens is 419 g/mol. The van der Waals surface area contributed by atoms with E-state index in [1.807, 2.05) is 31.2 Å². The second-order valence-electron chi connectivity index (χ2n) is 5.43. The van der Waals surface area contributed by atoms with E-state index in [9.17, 15) is 14.4 Å². The third-order valence-corrected chi connectivity index (χ3v) is 4.47. The summed E-state index contributed by atoms with van der Waals surface area (Å²) in [6.45, 7) is 1.95. The summed E-state index contributed by atoms with van der Waals surface area (Å²) in [7, 11) is 0. The maximum atomic E-state index is 12.4. The van der Waals surface area contributed by atoms with Gasteiger partial charge in [-0.05, 0) is 18.6 Å². The van der Waals surface area contributed by atoms with Crippen LogP contribution in [0.25, 0.3) is 0 Å². The van der Waals surface area contributed by atoms with E-state index < -0.39 is 29.2 Å². The molecule has 2 aromatic rings. The zero-order valence-corrected chi connectivity index (χ0v) is 16.2. The number of aliphatic carboxylic acids is 1. The topological polar surface area (TPSA) is 89.9 Å². The number of benzene rings is 2. The number of carbonyl (C=O) groups excluding carboxylic acids is 2. The molecular formula is C18H13Cl3O6. The van der Waals surface area contributed by atoms with Crippen molar-refractivity contribution in [3.8, 4) is 5.75 Å². The molecule has 0 amide bonds. The zero-order valence-electron chi connectivity index (χ0n) is 13.9. The van der Waals surface area contributed by atoms with Gasteiger partial charge in [-0.25, -0.2) is 14.4 Å². The largest absolute Gasteiger partial charge is 0.473 e. The molecule has 0 aliphatic rings. The van der Waals surface area contributed by atoms with Crippen molar-refractivity contribution < 1.29 is 29.0 Å². The van der Waals surface area contributed by atoms with E-state index in [2.05, 4.69) is 4.74 Å². The van der Waals surface area contributed by atoms with Gasteiger partial charge in [0.05, 0.1) is 21.7 Å². The molecule has 0 aromatic heterocycles. The van der Waals surface area contributed by atoms with E-state index >= 15 is 0 Å². The minimum absolute atomic E-state index is 0.00899. The molecule has 0 heterocycles. The maximum absolute atomic E-state index is 12.4. The van der Waals surface area contributed by atoms with Crippen molar-refractivity contribution in [1.82, 2.24) is 0 Å². The molecule has 0 aliphatic heterocycles. The third kappa shape index (κ3) is 5.35. The summed E-state index contributed by atoms with van der Waals surface area (Å²) in [6.07, 6.45) is 0.434. The molecule has 27 heavy (non-hydrogen) atoms. The Morgan fingerprint density at radius 1 is 1.07 bits per heavy atom. The first-order valence-electron chi connectivity index (χ1n) is 7.56. The maximum Gasteiger partial charge on any atom is 0.422 e. The van der Waals surface area contributed by atoms with Gasteiger partial charge in [0.25, 0.3) is 0 Å². The number of aryl methyl sites for hydroxylation is 1. The monoisotopic (exact) mass is 430 g/mol. The Bertz CT molecular complexity index is 910. The van der Waals surface area contributed by atoms with Gasteiger partial charge in [0, 0.05) is 6.42 Å². The van der Waals surface area contributed by atoms with Crippen molar-refractivity contribution in [2.75, 3.05) is 6.61 Å². The number of carboxylic acids is 1. The van der Waals surface area contributed by atoms with E-state index in [0.29, 0.717) is 6.42 Å². The number of hydrogen-bond acceptors (Lipinski definition) is 5. The Morgan fingerprint density at radius 2 is 1.78 bits per heavy atom. The van der Waals surface area contributed by atoms with E-state index in [0.717, 1.165) is 17.2 Å². The van der Waals surface area contributed by atoms with Crippen LogP contribution in [0, 0.1) is 6.92 Å². The van der Waals surface area contributed by atoms with Crippen LogP contribution in [-0.2, 0) is 20.7 Å². The van der Waals surface area contributed by atoms with Crippen molar-refractivity contribution in [3.05, 3.63) is 62.1 Å². The summed E-state index contributed by atoms with van der Waals surface area (Å²) in [5, 5.41) is 8.08. The predicted molar refractivity (Wildman–Crippen MR) is 99.9 cm³/mol. The predicted octanol–water partition coefficient (Wildman–Crippen LogP) is 4.34. The van der Waals surface area contributed by atoms with Crippen molar-refractivity contribution in [2.24, 2.45) is 0 Å². The lowest BCUT2D eigenvalue weighted by Gasteiger charge is -2.13. The van der Waals surface area contributed by atoms with E-state index in [1.54, 1.807) is 0 Å². The number of esters is 2. The van der Waals surface area contributed by atoms with Gasteiger partial charge in [-0.1, -0.05) is 64.6 Å². The Hall–Kier alpha value is -2.28. The fraction of sp³-hybridized carbons (Fsp3) is 0.167. The lowest BCUT2D eigenvalue weighted by Crippen LogP contribution is -2.21. The number of carbonyl (C=O) groups is 3. The SMILES string of the molecule is Cc1cccc(CCOC(=O)c2c(Cl)c(Cl)cc(Cl)c2OC(=O)C(=O)O)c1. The molecule has 2 rings (SSSR count). The van der Waals surface area contributed by atoms with Gasteiger partial charge in [0.15, 0.2) is 5.75 Å². The standard InChI is InChI=1S/C18H13Cl3O6/c1-9-3-2-4-10(7-9)5-6-26-17(24)13-14(21)11(19)8-12(20)15(13)27-18(25)16(22)23/h2-4,7-8H,5-6H2,1H3,(H,22,23). The number of carboxylic acid groups (broad SMARTS) is 1. The summed E-state index contributed by atoms with van der Waals surface area (Å²) >= 11 is 17.8. The normalized spacial score (nSPS) is 10.4. The van der Waals surface area contributed by atoms with Crippen LogP contribution in [-0.4, -0.2) is 29.6 Å². The molecule has 0 saturated carbocycles. The summed E-state index contributed by atoms with van der Waals surface area (Å²) < 4.78 is 9.83. The smallest absolute Gasteiger partial charge is 0.422 e. The summed E-state index contributed by atoms with van der Waals surface area (Å²) in [4.78, 5) is 34.5. The summed E-state index contributed by atoms with van der Waals surface area (Å²) in [5.74, 6) is -4.98. The highest BCUT2D eigenvalue weighted by Gasteiger charge is 2.27. The Labute approximate surface area is 169 Å². The van der Waals surface area contributed by atoms with E-state index in [4.69, 9.17) is 44.6 Å². The molecule has 6 nitrogen and oxygen atoms in total. The van der Waals surface area contributed by atoms with Crippen LogP contribution in [0.1, 0.15) is 21.5 Å². The van der Waals surface area contributed by atoms with Gasteiger partial charge in [-0.3, -0.25) is 0 Å². The highest BCUT2D eigenvalue weighted by atomic mass is 35.5. The molecule has 0 fully saturated rings. The summed E-state index contributed by atoms with van der Waals surface area (Å²) in [6, 6.07) is 8.76. The zero-order chi connectivity index (χ0) is 20.1. The molecule has 0 saturated heterocycles. The average Bonchev–Trinajstić information content (AvgIpc) is 2.59. The Kier molecular flexibility index (Phi) is 7.07. The van der Waals surface area contributed by atoms with Crippen LogP contribution in [0.3, 0.4) is 0 Å². The van der Waals surface area contributed by atoms with Gasteiger partial charge in [0.1, 0.15) is 5.56 Å². The van der Waals surface area contributed by atoms with Crippen molar-refractivity contribution in [2.45, 2.75) is 13.3 Å². The fourth-order valence-electron chi connectivity index (χ4n) is 2.20. The molecule has 142 valence electrons. The van der Waals surface area contributed by atoms with Crippen LogP contribution in [0.2, 0.25) is 15.1 Å². The molecule has 0 bridgehead atoms. The fourth-order valence-corrected chi connectivity index (χ4v) is 2.92. The first-order valence-corrected chi connectivity index (χ1v) is 8.69. The van der Waals surface area contributed by atoms with E-state index in [1.165, 1.54) is 0 Å². The third-order valence-electron chi connectivity index (χ3n) is 3.41. The van der Waals surface area contributed by atoms with Gasteiger partial charge in [-0.2, -0.15) is 0 Å². The average molecular weight is 432 g/mol. The van der Waals surface area contributed by atoms with Gasteiger partial charge in [0.2, 0.25) is 0 Å². The number of halogens is 3. The Balaban J connectivity index is 2.23. The van der Waals surface area contributed by atoms with Crippen LogP contribution in [0.15, 0.2) is 30.3 Å². The molecule has 0 aliphatic carbocycles. The van der Waals surface area contributed by atoms with Crippen LogP contribution in [0.5, 0.6) is 5.75 Å². The number of ether oxygens (including phenoxy) is 2. The van der Waals surface area contributed by atoms with Crippen molar-refractivity contribution >= 4 is 52.7 Å². The number of rotatable bonds is 5. The quantitative estimate of drug-likeness (QED) is 0.328. The second kappa shape index (κ2) is 9.08. The first kappa shape index (κ1) is 21.0. The molecule has 1 N–H and O–H groups in total. The summed E-state index contributed by atoms with van der Waals surface area (Å²) in [5.41, 5.74) is 1.59. The highest BCUT2D eigenvalue weighted by molar-refractivity contribution is 6.46. The van der Waals surface area contributed by atoms with Crippen LogP contribution in [0.4, 0.5) is 0 Å². The molecule has 0 radical (unpaired) electrons. The van der Waals surface area contributed by atoms with Crippen LogP contribution >= 0.6 is 34.8 Å². The van der Waals surface area contributed by atoms with Crippen molar-refractivity contribution in [3.63, 3.8) is 0 Å². The minimum Gasteiger partial charge on any atom is -0.473 e. The molecule has 0 spiro atoms. The van der Waals surface area contributed by atoms with Gasteiger partial charge < -0.3 is 14.6 Å². The molecule has 9 heteroatoms. The first-order chi connectivity index (χ1) is 12.7. The minimum atomic E-state index is -1.86. The van der Waals surface area contributed by atoms with Crippen LogP contribution < -0.4 is 4.74 Å². The van der Waals surface area contributed by atoms with E-state index in [-0.39, 0.29) is 21.7 Å². The van der Waals surface area contributed by atoms with Gasteiger partial charge >= 0.3 is 17.9 Å². The lowest BCUT2D eigenvalue weighted by atomic mass is 10.1. The second-order valence-corrected chi connectivity index (χ2v) is 6.62.